The summed E-state index contributed by atoms with van der Waals surface area (Å²) in [7, 11) is 0. The Bertz CT molecular complexity index is 495. The highest BCUT2D eigenvalue weighted by Gasteiger charge is 2.28. The van der Waals surface area contributed by atoms with Gasteiger partial charge < -0.3 is 14.6 Å². The van der Waals surface area contributed by atoms with Gasteiger partial charge in [-0.1, -0.05) is 5.16 Å². The van der Waals surface area contributed by atoms with Crippen molar-refractivity contribution in [3.63, 3.8) is 0 Å². The third-order valence-electron chi connectivity index (χ3n) is 4.88. The van der Waals surface area contributed by atoms with Gasteiger partial charge in [0.05, 0.1) is 12.3 Å². The highest BCUT2D eigenvalue weighted by molar-refractivity contribution is 5.96. The Morgan fingerprint density at radius 1 is 1.32 bits per heavy atom. The summed E-state index contributed by atoms with van der Waals surface area (Å²) in [6.07, 6.45) is 3.43. The number of carbonyl (C=O) groups is 1. The molecule has 1 aromatic heterocycles. The van der Waals surface area contributed by atoms with Crippen LogP contribution in [0.4, 0.5) is 0 Å². The second kappa shape index (κ2) is 6.79. The smallest absolute Gasteiger partial charge is 0.256 e. The van der Waals surface area contributed by atoms with Crippen LogP contribution in [0, 0.1) is 19.8 Å². The summed E-state index contributed by atoms with van der Waals surface area (Å²) in [5, 5.41) is 6.87. The van der Waals surface area contributed by atoms with E-state index >= 15 is 0 Å². The SMILES string of the molecule is Cc1noc(C)c1C(=O)NCC1CCN([C@@H]2CCOC2)CC1. The molecule has 22 heavy (non-hydrogen) atoms. The zero-order valence-corrected chi connectivity index (χ0v) is 13.4. The summed E-state index contributed by atoms with van der Waals surface area (Å²) < 4.78 is 10.5. The van der Waals surface area contributed by atoms with Crippen molar-refractivity contribution in [3.8, 4) is 0 Å². The number of aromatic nitrogens is 1. The van der Waals surface area contributed by atoms with E-state index in [1.807, 2.05) is 0 Å². The Morgan fingerprint density at radius 3 is 2.68 bits per heavy atom. The van der Waals surface area contributed by atoms with E-state index in [0.717, 1.165) is 52.1 Å². The van der Waals surface area contributed by atoms with Gasteiger partial charge in [0.15, 0.2) is 0 Å². The highest BCUT2D eigenvalue weighted by atomic mass is 16.5. The number of piperidine rings is 1. The van der Waals surface area contributed by atoms with E-state index in [2.05, 4.69) is 15.4 Å². The lowest BCUT2D eigenvalue weighted by Gasteiger charge is -2.35. The summed E-state index contributed by atoms with van der Waals surface area (Å²) in [4.78, 5) is 14.8. The predicted octanol–water partition coefficient (Wildman–Crippen LogP) is 1.52. The van der Waals surface area contributed by atoms with Crippen LogP contribution in [0.2, 0.25) is 0 Å². The van der Waals surface area contributed by atoms with Crippen LogP contribution in [0.5, 0.6) is 0 Å². The Kier molecular flexibility index (Phi) is 4.78. The molecular weight excluding hydrogens is 282 g/mol. The van der Waals surface area contributed by atoms with Gasteiger partial charge in [-0.15, -0.1) is 0 Å². The van der Waals surface area contributed by atoms with E-state index in [-0.39, 0.29) is 5.91 Å². The number of amides is 1. The van der Waals surface area contributed by atoms with Gasteiger partial charge in [0, 0.05) is 19.2 Å². The number of ether oxygens (including phenoxy) is 1. The van der Waals surface area contributed by atoms with Crippen LogP contribution in [0.1, 0.15) is 41.1 Å². The number of nitrogens with zero attached hydrogens (tertiary/aromatic N) is 2. The van der Waals surface area contributed by atoms with Crippen molar-refractivity contribution >= 4 is 5.91 Å². The number of rotatable bonds is 4. The minimum atomic E-state index is -0.0668. The minimum Gasteiger partial charge on any atom is -0.380 e. The van der Waals surface area contributed by atoms with E-state index in [1.54, 1.807) is 13.8 Å². The predicted molar refractivity (Wildman–Crippen MR) is 81.8 cm³/mol. The summed E-state index contributed by atoms with van der Waals surface area (Å²) in [6.45, 7) is 8.31. The molecule has 0 aliphatic carbocycles. The van der Waals surface area contributed by atoms with E-state index in [1.165, 1.54) is 0 Å². The Hall–Kier alpha value is -1.40. The molecule has 0 aromatic carbocycles. The topological polar surface area (TPSA) is 67.6 Å². The molecule has 3 heterocycles. The van der Waals surface area contributed by atoms with Crippen LogP contribution in [0.15, 0.2) is 4.52 Å². The molecule has 0 spiro atoms. The molecule has 2 aliphatic rings. The molecule has 0 bridgehead atoms. The average Bonchev–Trinajstić information content (AvgIpc) is 3.16. The molecule has 2 saturated heterocycles. The molecule has 1 N–H and O–H groups in total. The molecular formula is C16H25N3O3. The summed E-state index contributed by atoms with van der Waals surface area (Å²) in [5.41, 5.74) is 1.24. The number of hydrogen-bond donors (Lipinski definition) is 1. The minimum absolute atomic E-state index is 0.0668. The first kappa shape index (κ1) is 15.5. The van der Waals surface area contributed by atoms with Crippen molar-refractivity contribution in [2.45, 2.75) is 39.2 Å². The van der Waals surface area contributed by atoms with Gasteiger partial charge in [0.1, 0.15) is 11.3 Å². The Morgan fingerprint density at radius 2 is 2.09 bits per heavy atom. The van der Waals surface area contributed by atoms with Gasteiger partial charge in [0.25, 0.3) is 5.91 Å². The molecule has 6 heteroatoms. The molecule has 0 unspecified atom stereocenters. The zero-order valence-electron chi connectivity index (χ0n) is 13.4. The summed E-state index contributed by atoms with van der Waals surface area (Å²) in [6, 6.07) is 0.609. The van der Waals surface area contributed by atoms with Crippen LogP contribution in [0.25, 0.3) is 0 Å². The molecule has 0 saturated carbocycles. The Balaban J connectivity index is 1.44. The normalized spacial score (nSPS) is 23.8. The highest BCUT2D eigenvalue weighted by Crippen LogP contribution is 2.22. The molecule has 0 radical (unpaired) electrons. The van der Waals surface area contributed by atoms with E-state index in [4.69, 9.17) is 9.26 Å². The monoisotopic (exact) mass is 307 g/mol. The van der Waals surface area contributed by atoms with Crippen molar-refractivity contribution in [2.24, 2.45) is 5.92 Å². The molecule has 2 fully saturated rings. The van der Waals surface area contributed by atoms with Crippen LogP contribution < -0.4 is 5.32 Å². The fourth-order valence-corrected chi connectivity index (χ4v) is 3.46. The maximum atomic E-state index is 12.2. The van der Waals surface area contributed by atoms with Gasteiger partial charge in [-0.25, -0.2) is 0 Å². The second-order valence-electron chi connectivity index (χ2n) is 6.41. The first-order chi connectivity index (χ1) is 10.6. The maximum Gasteiger partial charge on any atom is 0.256 e. The van der Waals surface area contributed by atoms with E-state index in [9.17, 15) is 4.79 Å². The number of likely N-dealkylation sites (tertiary alicyclic amines) is 1. The quantitative estimate of drug-likeness (QED) is 0.913. The first-order valence-electron chi connectivity index (χ1n) is 8.18. The standard InChI is InChI=1S/C16H25N3O3/c1-11-15(12(2)22-18-11)16(20)17-9-13-3-6-19(7-4-13)14-5-8-21-10-14/h13-14H,3-10H2,1-2H3,(H,17,20)/t14-/m1/s1. The molecule has 1 atom stereocenters. The Labute approximate surface area is 131 Å². The molecule has 1 aromatic rings. The number of hydrogen-bond acceptors (Lipinski definition) is 5. The molecule has 122 valence electrons. The first-order valence-corrected chi connectivity index (χ1v) is 8.18. The van der Waals surface area contributed by atoms with Crippen molar-refractivity contribution in [1.82, 2.24) is 15.4 Å². The van der Waals surface area contributed by atoms with Gasteiger partial charge in [0.2, 0.25) is 0 Å². The molecule has 2 aliphatic heterocycles. The van der Waals surface area contributed by atoms with E-state index in [0.29, 0.717) is 29.0 Å². The summed E-state index contributed by atoms with van der Waals surface area (Å²) in [5.74, 6) is 1.08. The third kappa shape index (κ3) is 3.33. The molecule has 1 amide bonds. The van der Waals surface area contributed by atoms with E-state index < -0.39 is 0 Å². The van der Waals surface area contributed by atoms with Crippen LogP contribution in [-0.2, 0) is 4.74 Å². The van der Waals surface area contributed by atoms with Crippen LogP contribution in [0.3, 0.4) is 0 Å². The maximum absolute atomic E-state index is 12.2. The van der Waals surface area contributed by atoms with Gasteiger partial charge in [-0.05, 0) is 52.1 Å². The fourth-order valence-electron chi connectivity index (χ4n) is 3.46. The van der Waals surface area contributed by atoms with Gasteiger partial charge in [-0.3, -0.25) is 9.69 Å². The lowest BCUT2D eigenvalue weighted by molar-refractivity contribution is 0.0909. The lowest BCUT2D eigenvalue weighted by atomic mass is 9.95. The average molecular weight is 307 g/mol. The van der Waals surface area contributed by atoms with Crippen LogP contribution >= 0.6 is 0 Å². The van der Waals surface area contributed by atoms with Gasteiger partial charge in [-0.2, -0.15) is 0 Å². The van der Waals surface area contributed by atoms with Crippen molar-refractivity contribution in [1.29, 1.82) is 0 Å². The molecule has 3 rings (SSSR count). The van der Waals surface area contributed by atoms with Crippen molar-refractivity contribution in [2.75, 3.05) is 32.8 Å². The lowest BCUT2D eigenvalue weighted by Crippen LogP contribution is -2.44. The van der Waals surface area contributed by atoms with Crippen molar-refractivity contribution in [3.05, 3.63) is 17.0 Å². The van der Waals surface area contributed by atoms with Crippen molar-refractivity contribution < 1.29 is 14.1 Å². The summed E-state index contributed by atoms with van der Waals surface area (Å²) >= 11 is 0. The fraction of sp³-hybridized carbons (Fsp3) is 0.750. The largest absolute Gasteiger partial charge is 0.380 e. The number of aryl methyl sites for hydroxylation is 2. The number of nitrogens with one attached hydrogen (secondary N) is 1. The zero-order chi connectivity index (χ0) is 15.5. The number of carbonyl (C=O) groups excluding carboxylic acids is 1. The second-order valence-corrected chi connectivity index (χ2v) is 6.41. The molecule has 6 nitrogen and oxygen atoms in total. The van der Waals surface area contributed by atoms with Crippen LogP contribution in [-0.4, -0.2) is 54.9 Å². The van der Waals surface area contributed by atoms with Gasteiger partial charge >= 0.3 is 0 Å². The third-order valence-corrected chi connectivity index (χ3v) is 4.88.